The minimum absolute atomic E-state index is 0.516. The van der Waals surface area contributed by atoms with Crippen LogP contribution in [0.3, 0.4) is 0 Å². The first-order valence-electron chi connectivity index (χ1n) is 15.3. The summed E-state index contributed by atoms with van der Waals surface area (Å²) in [6.07, 6.45) is 0. The summed E-state index contributed by atoms with van der Waals surface area (Å²) in [5, 5.41) is 3.81. The molecule has 0 radical (unpaired) electrons. The Bertz CT molecular complexity index is 2780. The van der Waals surface area contributed by atoms with Crippen molar-refractivity contribution in [3.8, 4) is 45.6 Å². The van der Waals surface area contributed by atoms with Gasteiger partial charge in [-0.3, -0.25) is 0 Å². The maximum atomic E-state index is 6.42. The van der Waals surface area contributed by atoms with Crippen LogP contribution in [0.2, 0.25) is 0 Å². The third-order valence-electron chi connectivity index (χ3n) is 8.60. The molecule has 7 nitrogen and oxygen atoms in total. The van der Waals surface area contributed by atoms with Gasteiger partial charge in [0.15, 0.2) is 23.1 Å². The van der Waals surface area contributed by atoms with Crippen molar-refractivity contribution in [3.05, 3.63) is 133 Å². The van der Waals surface area contributed by atoms with Gasteiger partial charge in [0, 0.05) is 38.2 Å². The number of aromatic nitrogens is 4. The van der Waals surface area contributed by atoms with Crippen LogP contribution < -0.4 is 0 Å². The van der Waals surface area contributed by atoms with Crippen LogP contribution in [0.25, 0.3) is 101 Å². The number of benzene rings is 6. The highest BCUT2D eigenvalue weighted by atomic mass is 16.4. The summed E-state index contributed by atoms with van der Waals surface area (Å²) < 4.78 is 19.1. The summed E-state index contributed by atoms with van der Waals surface area (Å²) >= 11 is 0. The van der Waals surface area contributed by atoms with Gasteiger partial charge in [0.1, 0.15) is 27.8 Å². The molecule has 4 aromatic heterocycles. The van der Waals surface area contributed by atoms with E-state index in [-0.39, 0.29) is 0 Å². The Balaban J connectivity index is 1.26. The predicted molar refractivity (Wildman–Crippen MR) is 184 cm³/mol. The molecule has 47 heavy (non-hydrogen) atoms. The maximum absolute atomic E-state index is 6.42. The molecule has 0 atom stereocenters. The van der Waals surface area contributed by atoms with Crippen molar-refractivity contribution in [1.82, 2.24) is 19.9 Å². The number of nitrogens with zero attached hydrogens (tertiary/aromatic N) is 4. The van der Waals surface area contributed by atoms with Crippen molar-refractivity contribution in [1.29, 1.82) is 0 Å². The fourth-order valence-electron chi connectivity index (χ4n) is 6.47. The van der Waals surface area contributed by atoms with Crippen LogP contribution in [-0.4, -0.2) is 19.9 Å². The van der Waals surface area contributed by atoms with E-state index in [0.717, 1.165) is 71.6 Å². The van der Waals surface area contributed by atoms with Crippen molar-refractivity contribution in [2.24, 2.45) is 0 Å². The van der Waals surface area contributed by atoms with Crippen molar-refractivity contribution in [2.45, 2.75) is 0 Å². The zero-order chi connectivity index (χ0) is 30.9. The van der Waals surface area contributed by atoms with Crippen LogP contribution >= 0.6 is 0 Å². The van der Waals surface area contributed by atoms with E-state index in [0.29, 0.717) is 28.9 Å². The van der Waals surface area contributed by atoms with Crippen molar-refractivity contribution in [2.75, 3.05) is 0 Å². The van der Waals surface area contributed by atoms with Crippen molar-refractivity contribution < 1.29 is 13.3 Å². The Labute approximate surface area is 266 Å². The molecule has 7 heteroatoms. The first kappa shape index (κ1) is 25.7. The van der Waals surface area contributed by atoms with E-state index in [1.54, 1.807) is 0 Å². The van der Waals surface area contributed by atoms with Crippen molar-refractivity contribution in [3.63, 3.8) is 0 Å². The standard InChI is InChI=1S/C40H22N4O3/c1-2-11-23(12-3-1)37-42-38(44-39(43-37)28-17-8-14-25-24-13-4-6-19-30(24)46-36(25)28)26-15-9-21-32-34(26)35-27(16-10-22-33(35)45-32)40-41-29-18-5-7-20-31(29)47-40/h1-22H. The SMILES string of the molecule is c1ccc(-c2nc(-c3cccc4c3oc3ccccc34)nc(-c3cccc4oc5cccc(-c6nc7ccccc7o6)c5c34)n2)cc1. The highest BCUT2D eigenvalue weighted by Crippen LogP contribution is 2.42. The molecule has 10 aromatic rings. The lowest BCUT2D eigenvalue weighted by Gasteiger charge is -2.10. The van der Waals surface area contributed by atoms with Gasteiger partial charge in [-0.2, -0.15) is 0 Å². The summed E-state index contributed by atoms with van der Waals surface area (Å²) in [5.74, 6) is 2.11. The first-order valence-corrected chi connectivity index (χ1v) is 15.3. The number of furan rings is 2. The molecule has 0 fully saturated rings. The molecule has 10 rings (SSSR count). The quantitative estimate of drug-likeness (QED) is 0.197. The number of hydrogen-bond donors (Lipinski definition) is 0. The molecule has 6 aromatic carbocycles. The van der Waals surface area contributed by atoms with Gasteiger partial charge in [-0.15, -0.1) is 0 Å². The third kappa shape index (κ3) is 4.00. The Morgan fingerprint density at radius 3 is 1.79 bits per heavy atom. The lowest BCUT2D eigenvalue weighted by atomic mass is 10.0. The van der Waals surface area contributed by atoms with Gasteiger partial charge >= 0.3 is 0 Å². The largest absolute Gasteiger partial charge is 0.456 e. The molecule has 0 aliphatic heterocycles. The molecular formula is C40H22N4O3. The number of fused-ring (bicyclic) bond motifs is 7. The summed E-state index contributed by atoms with van der Waals surface area (Å²) in [4.78, 5) is 20.0. The van der Waals surface area contributed by atoms with Gasteiger partial charge in [0.2, 0.25) is 5.89 Å². The van der Waals surface area contributed by atoms with Crippen molar-refractivity contribution >= 4 is 55.0 Å². The van der Waals surface area contributed by atoms with Gasteiger partial charge in [-0.05, 0) is 42.5 Å². The molecular weight excluding hydrogens is 584 g/mol. The minimum Gasteiger partial charge on any atom is -0.456 e. The summed E-state index contributed by atoms with van der Waals surface area (Å²) in [6, 6.07) is 43.7. The van der Waals surface area contributed by atoms with E-state index in [9.17, 15) is 0 Å². The molecule has 0 amide bonds. The van der Waals surface area contributed by atoms with Gasteiger partial charge in [0.25, 0.3) is 0 Å². The molecule has 0 aliphatic carbocycles. The highest BCUT2D eigenvalue weighted by molar-refractivity contribution is 6.17. The summed E-state index contributed by atoms with van der Waals surface area (Å²) in [5.41, 5.74) is 7.80. The van der Waals surface area contributed by atoms with E-state index in [1.165, 1.54) is 0 Å². The molecule has 220 valence electrons. The lowest BCUT2D eigenvalue weighted by molar-refractivity contribution is 0.620. The molecule has 0 spiro atoms. The first-order chi connectivity index (χ1) is 23.3. The van der Waals surface area contributed by atoms with Gasteiger partial charge in [-0.25, -0.2) is 19.9 Å². The average Bonchev–Trinajstić information content (AvgIpc) is 3.85. The van der Waals surface area contributed by atoms with E-state index < -0.39 is 0 Å². The lowest BCUT2D eigenvalue weighted by Crippen LogP contribution is -2.00. The van der Waals surface area contributed by atoms with E-state index in [4.69, 9.17) is 33.2 Å². The van der Waals surface area contributed by atoms with Crippen LogP contribution in [0, 0.1) is 0 Å². The second kappa shape index (κ2) is 9.95. The zero-order valence-electron chi connectivity index (χ0n) is 24.7. The van der Waals surface area contributed by atoms with E-state index in [1.807, 2.05) is 121 Å². The fraction of sp³-hybridized carbons (Fsp3) is 0. The topological polar surface area (TPSA) is 91.0 Å². The van der Waals surface area contributed by atoms with Gasteiger partial charge < -0.3 is 13.3 Å². The number of rotatable bonds is 4. The van der Waals surface area contributed by atoms with Gasteiger partial charge in [0.05, 0.1) is 5.56 Å². The monoisotopic (exact) mass is 606 g/mol. The molecule has 0 bridgehead atoms. The number of para-hydroxylation sites is 4. The molecule has 4 heterocycles. The van der Waals surface area contributed by atoms with Crippen LogP contribution in [0.1, 0.15) is 0 Å². The Morgan fingerprint density at radius 2 is 0.957 bits per heavy atom. The third-order valence-corrected chi connectivity index (χ3v) is 8.60. The van der Waals surface area contributed by atoms with E-state index in [2.05, 4.69) is 12.1 Å². The van der Waals surface area contributed by atoms with Crippen LogP contribution in [0.15, 0.2) is 147 Å². The molecule has 0 unspecified atom stereocenters. The second-order valence-corrected chi connectivity index (χ2v) is 11.4. The Hall–Kier alpha value is -6.60. The Morgan fingerprint density at radius 1 is 0.362 bits per heavy atom. The maximum Gasteiger partial charge on any atom is 0.228 e. The molecule has 0 N–H and O–H groups in total. The van der Waals surface area contributed by atoms with Crippen LogP contribution in [-0.2, 0) is 0 Å². The zero-order valence-corrected chi connectivity index (χ0v) is 24.7. The summed E-state index contributed by atoms with van der Waals surface area (Å²) in [6.45, 7) is 0. The normalized spacial score (nSPS) is 11.8. The Kier molecular flexibility index (Phi) is 5.44. The smallest absolute Gasteiger partial charge is 0.228 e. The molecule has 0 saturated carbocycles. The number of oxazole rings is 1. The number of hydrogen-bond acceptors (Lipinski definition) is 7. The summed E-state index contributed by atoms with van der Waals surface area (Å²) in [7, 11) is 0. The minimum atomic E-state index is 0.516. The fourth-order valence-corrected chi connectivity index (χ4v) is 6.47. The predicted octanol–water partition coefficient (Wildman–Crippen LogP) is 10.5. The second-order valence-electron chi connectivity index (χ2n) is 11.4. The van der Waals surface area contributed by atoms with E-state index >= 15 is 0 Å². The van der Waals surface area contributed by atoms with Crippen LogP contribution in [0.5, 0.6) is 0 Å². The molecule has 0 aliphatic rings. The highest BCUT2D eigenvalue weighted by Gasteiger charge is 2.23. The average molecular weight is 607 g/mol. The van der Waals surface area contributed by atoms with Crippen LogP contribution in [0.4, 0.5) is 0 Å². The van der Waals surface area contributed by atoms with Gasteiger partial charge in [-0.1, -0.05) is 91.0 Å². The molecule has 0 saturated heterocycles.